The standard InChI is InChI=1S/C21H21N5O2S/c1-12(2)25-20(24-11-22)21-26-19-15-5-3-13(14-4-6-18(27)23-10-14)9-16(15)28-8-7-17(19)29-21/h3-6,9-12H,7-8H2,1-2H3,(H,23,27)(H2,22,24,25). The van der Waals surface area contributed by atoms with E-state index in [0.29, 0.717) is 12.4 Å². The SMILES string of the molecule is CC(C)N=C(N=CN)c1nc2c(s1)CCOc1cc(-c3ccc(=O)[nH]c3)ccc1-2. The number of aromatic nitrogens is 2. The van der Waals surface area contributed by atoms with Gasteiger partial charge in [0.05, 0.1) is 18.6 Å². The summed E-state index contributed by atoms with van der Waals surface area (Å²) in [4.78, 5) is 28.8. The van der Waals surface area contributed by atoms with Gasteiger partial charge in [0.25, 0.3) is 0 Å². The Morgan fingerprint density at radius 3 is 2.86 bits per heavy atom. The molecule has 0 radical (unpaired) electrons. The molecule has 3 aromatic rings. The Balaban J connectivity index is 1.77. The van der Waals surface area contributed by atoms with E-state index >= 15 is 0 Å². The second-order valence-corrected chi connectivity index (χ2v) is 7.95. The molecule has 0 fully saturated rings. The van der Waals surface area contributed by atoms with Gasteiger partial charge in [-0.15, -0.1) is 11.3 Å². The number of nitrogens with two attached hydrogens (primary N) is 1. The molecule has 0 aliphatic carbocycles. The van der Waals surface area contributed by atoms with Crippen LogP contribution in [0.3, 0.4) is 0 Å². The summed E-state index contributed by atoms with van der Waals surface area (Å²) < 4.78 is 6.00. The van der Waals surface area contributed by atoms with Crippen molar-refractivity contribution < 1.29 is 4.74 Å². The molecule has 0 atom stereocenters. The van der Waals surface area contributed by atoms with Crippen LogP contribution in [0.4, 0.5) is 0 Å². The van der Waals surface area contributed by atoms with Gasteiger partial charge in [-0.3, -0.25) is 9.79 Å². The van der Waals surface area contributed by atoms with Gasteiger partial charge >= 0.3 is 0 Å². The fraction of sp³-hybridized carbons (Fsp3) is 0.238. The zero-order valence-corrected chi connectivity index (χ0v) is 17.0. The fourth-order valence-electron chi connectivity index (χ4n) is 3.15. The highest BCUT2D eigenvalue weighted by Gasteiger charge is 2.22. The van der Waals surface area contributed by atoms with Gasteiger partial charge in [-0.05, 0) is 43.2 Å². The lowest BCUT2D eigenvalue weighted by Gasteiger charge is -2.10. The number of nitrogens with zero attached hydrogens (tertiary/aromatic N) is 3. The zero-order valence-electron chi connectivity index (χ0n) is 16.2. The first kappa shape index (κ1) is 19.1. The molecular weight excluding hydrogens is 386 g/mol. The van der Waals surface area contributed by atoms with Gasteiger partial charge in [-0.25, -0.2) is 9.98 Å². The fourth-order valence-corrected chi connectivity index (χ4v) is 4.15. The van der Waals surface area contributed by atoms with Crippen molar-refractivity contribution in [1.29, 1.82) is 0 Å². The largest absolute Gasteiger partial charge is 0.492 e. The van der Waals surface area contributed by atoms with E-state index < -0.39 is 0 Å². The Bertz CT molecular complexity index is 1140. The van der Waals surface area contributed by atoms with Crippen LogP contribution in [0.15, 0.2) is 51.3 Å². The van der Waals surface area contributed by atoms with Crippen LogP contribution in [0.5, 0.6) is 5.75 Å². The topological polar surface area (TPSA) is 106 Å². The number of aromatic amines is 1. The van der Waals surface area contributed by atoms with Crippen molar-refractivity contribution in [2.45, 2.75) is 26.3 Å². The number of hydrogen-bond acceptors (Lipinski definition) is 5. The maximum Gasteiger partial charge on any atom is 0.247 e. The first-order valence-electron chi connectivity index (χ1n) is 9.33. The molecule has 148 valence electrons. The third-order valence-corrected chi connectivity index (χ3v) is 5.52. The van der Waals surface area contributed by atoms with Crippen LogP contribution in [-0.4, -0.2) is 34.8 Å². The predicted octanol–water partition coefficient (Wildman–Crippen LogP) is 3.24. The van der Waals surface area contributed by atoms with Crippen molar-refractivity contribution in [2.75, 3.05) is 6.61 Å². The first-order chi connectivity index (χ1) is 14.0. The Kier molecular flexibility index (Phi) is 5.26. The summed E-state index contributed by atoms with van der Waals surface area (Å²) in [7, 11) is 0. The summed E-state index contributed by atoms with van der Waals surface area (Å²) in [6, 6.07) is 9.40. The number of amidine groups is 1. The number of thiazole rings is 1. The second kappa shape index (κ2) is 8.00. The molecule has 0 spiro atoms. The number of benzene rings is 1. The van der Waals surface area contributed by atoms with E-state index in [2.05, 4.69) is 15.0 Å². The maximum atomic E-state index is 11.3. The molecule has 8 heteroatoms. The highest BCUT2D eigenvalue weighted by atomic mass is 32.1. The Labute approximate surface area is 172 Å². The average Bonchev–Trinajstić information content (AvgIpc) is 3.04. The summed E-state index contributed by atoms with van der Waals surface area (Å²) in [5, 5.41) is 0.753. The number of H-pyrrole nitrogens is 1. The summed E-state index contributed by atoms with van der Waals surface area (Å²) in [5.41, 5.74) is 9.11. The van der Waals surface area contributed by atoms with E-state index in [9.17, 15) is 4.79 Å². The predicted molar refractivity (Wildman–Crippen MR) is 117 cm³/mol. The summed E-state index contributed by atoms with van der Waals surface area (Å²) in [5.74, 6) is 1.32. The van der Waals surface area contributed by atoms with Gasteiger partial charge in [0.1, 0.15) is 5.75 Å². The first-order valence-corrected chi connectivity index (χ1v) is 10.2. The lowest BCUT2D eigenvalue weighted by Crippen LogP contribution is -2.05. The van der Waals surface area contributed by atoms with Gasteiger partial charge < -0.3 is 15.5 Å². The number of ether oxygens (including phenoxy) is 1. The minimum atomic E-state index is -0.126. The summed E-state index contributed by atoms with van der Waals surface area (Å²) in [6.45, 7) is 4.55. The van der Waals surface area contributed by atoms with Crippen molar-refractivity contribution in [2.24, 2.45) is 15.7 Å². The molecule has 2 aromatic heterocycles. The van der Waals surface area contributed by atoms with E-state index in [-0.39, 0.29) is 11.6 Å². The van der Waals surface area contributed by atoms with Crippen LogP contribution < -0.4 is 16.0 Å². The van der Waals surface area contributed by atoms with E-state index in [1.807, 2.05) is 32.0 Å². The van der Waals surface area contributed by atoms with E-state index in [4.69, 9.17) is 15.5 Å². The number of rotatable bonds is 3. The van der Waals surface area contributed by atoms with Crippen LogP contribution in [0.2, 0.25) is 0 Å². The number of fused-ring (bicyclic) bond motifs is 3. The molecule has 1 aliphatic rings. The zero-order chi connectivity index (χ0) is 20.4. The maximum absolute atomic E-state index is 11.3. The van der Waals surface area contributed by atoms with Crippen molar-refractivity contribution in [3.8, 4) is 28.1 Å². The van der Waals surface area contributed by atoms with Crippen LogP contribution in [0.25, 0.3) is 22.4 Å². The quantitative estimate of drug-likeness (QED) is 0.513. The summed E-state index contributed by atoms with van der Waals surface area (Å²) >= 11 is 1.57. The minimum absolute atomic E-state index is 0.0906. The van der Waals surface area contributed by atoms with Gasteiger partial charge in [-0.1, -0.05) is 6.07 Å². The monoisotopic (exact) mass is 407 g/mol. The molecule has 0 unspecified atom stereocenters. The van der Waals surface area contributed by atoms with Gasteiger partial charge in [0.15, 0.2) is 10.8 Å². The van der Waals surface area contributed by atoms with Crippen molar-refractivity contribution in [3.63, 3.8) is 0 Å². The molecule has 3 N–H and O–H groups in total. The highest BCUT2D eigenvalue weighted by molar-refractivity contribution is 7.14. The van der Waals surface area contributed by atoms with Crippen molar-refractivity contribution >= 4 is 23.5 Å². The molecule has 3 heterocycles. The van der Waals surface area contributed by atoms with Gasteiger partial charge in [0, 0.05) is 35.2 Å². The third-order valence-electron chi connectivity index (χ3n) is 4.41. The molecule has 7 nitrogen and oxygen atoms in total. The Morgan fingerprint density at radius 1 is 1.31 bits per heavy atom. The Morgan fingerprint density at radius 2 is 2.14 bits per heavy atom. The second-order valence-electron chi connectivity index (χ2n) is 6.87. The van der Waals surface area contributed by atoms with E-state index in [1.165, 1.54) is 12.4 Å². The lowest BCUT2D eigenvalue weighted by molar-refractivity contribution is 0.327. The molecule has 1 aromatic carbocycles. The molecular formula is C21H21N5O2S. The molecule has 1 aliphatic heterocycles. The molecule has 0 saturated heterocycles. The van der Waals surface area contributed by atoms with E-state index in [1.54, 1.807) is 23.6 Å². The third kappa shape index (κ3) is 3.97. The minimum Gasteiger partial charge on any atom is -0.492 e. The molecule has 0 bridgehead atoms. The molecule has 29 heavy (non-hydrogen) atoms. The van der Waals surface area contributed by atoms with Gasteiger partial charge in [-0.2, -0.15) is 0 Å². The smallest absolute Gasteiger partial charge is 0.247 e. The van der Waals surface area contributed by atoms with Gasteiger partial charge in [0.2, 0.25) is 5.56 Å². The van der Waals surface area contributed by atoms with Crippen LogP contribution >= 0.6 is 11.3 Å². The number of nitrogens with one attached hydrogen (secondary N) is 1. The van der Waals surface area contributed by atoms with Crippen molar-refractivity contribution in [1.82, 2.24) is 9.97 Å². The van der Waals surface area contributed by atoms with E-state index in [0.717, 1.165) is 44.4 Å². The highest BCUT2D eigenvalue weighted by Crippen LogP contribution is 2.39. The van der Waals surface area contributed by atoms with Crippen molar-refractivity contribution in [3.05, 3.63) is 56.8 Å². The number of aliphatic imine (C=N–C) groups is 2. The molecule has 0 amide bonds. The van der Waals surface area contributed by atoms with Crippen LogP contribution in [0.1, 0.15) is 23.7 Å². The normalized spacial score (nSPS) is 13.8. The van der Waals surface area contributed by atoms with Crippen LogP contribution in [-0.2, 0) is 6.42 Å². The lowest BCUT2D eigenvalue weighted by atomic mass is 10.0. The Hall–Kier alpha value is -3.26. The average molecular weight is 407 g/mol. The van der Waals surface area contributed by atoms with Crippen LogP contribution in [0, 0.1) is 0 Å². The summed E-state index contributed by atoms with van der Waals surface area (Å²) in [6.07, 6.45) is 3.71. The number of pyridine rings is 1. The molecule has 4 rings (SSSR count). The number of hydrogen-bond donors (Lipinski definition) is 2. The molecule has 0 saturated carbocycles.